The molecule has 1 amide bonds. The summed E-state index contributed by atoms with van der Waals surface area (Å²) in [7, 11) is 1.63. The summed E-state index contributed by atoms with van der Waals surface area (Å²) in [5.74, 6) is 1.45. The minimum absolute atomic E-state index is 0.0126. The van der Waals surface area contributed by atoms with E-state index in [4.69, 9.17) is 9.47 Å². The second-order valence-electron chi connectivity index (χ2n) is 10.6. The van der Waals surface area contributed by atoms with Gasteiger partial charge in [0.2, 0.25) is 0 Å². The van der Waals surface area contributed by atoms with Gasteiger partial charge in [-0.05, 0) is 82.0 Å². The van der Waals surface area contributed by atoms with Gasteiger partial charge in [0.1, 0.15) is 18.1 Å². The maximum absolute atomic E-state index is 12.9. The van der Waals surface area contributed by atoms with Crippen molar-refractivity contribution in [1.82, 2.24) is 15.6 Å². The second kappa shape index (κ2) is 10.1. The van der Waals surface area contributed by atoms with Gasteiger partial charge in [-0.3, -0.25) is 9.78 Å². The molecule has 35 heavy (non-hydrogen) atoms. The SMILES string of the molecule is COc1cncc(-c2cccc(OCc3ccc(C(=O)NC4CC(C)(C)NC(C)(C)C4)cc3)c2)c1. The number of hydrogen-bond acceptors (Lipinski definition) is 5. The molecule has 6 nitrogen and oxygen atoms in total. The highest BCUT2D eigenvalue weighted by Crippen LogP contribution is 2.29. The third-order valence-electron chi connectivity index (χ3n) is 6.26. The van der Waals surface area contributed by atoms with Crippen molar-refractivity contribution in [3.63, 3.8) is 0 Å². The van der Waals surface area contributed by atoms with Gasteiger partial charge < -0.3 is 20.1 Å². The number of hydrogen-bond donors (Lipinski definition) is 2. The number of benzene rings is 2. The monoisotopic (exact) mass is 473 g/mol. The van der Waals surface area contributed by atoms with Crippen LogP contribution in [-0.2, 0) is 6.61 Å². The summed E-state index contributed by atoms with van der Waals surface area (Å²) in [5, 5.41) is 6.88. The van der Waals surface area contributed by atoms with E-state index in [1.807, 2.05) is 54.6 Å². The average molecular weight is 474 g/mol. The number of carbonyl (C=O) groups is 1. The molecule has 0 saturated carbocycles. The molecule has 0 radical (unpaired) electrons. The Kier molecular flexibility index (Phi) is 7.13. The average Bonchev–Trinajstić information content (AvgIpc) is 2.81. The number of rotatable bonds is 7. The van der Waals surface area contributed by atoms with Crippen molar-refractivity contribution in [3.05, 3.63) is 78.1 Å². The molecular formula is C29H35N3O3. The molecule has 2 N–H and O–H groups in total. The van der Waals surface area contributed by atoms with Crippen LogP contribution in [0.2, 0.25) is 0 Å². The van der Waals surface area contributed by atoms with Gasteiger partial charge in [-0.25, -0.2) is 0 Å². The summed E-state index contributed by atoms with van der Waals surface area (Å²) in [5.41, 5.74) is 3.60. The number of ether oxygens (including phenoxy) is 2. The highest BCUT2D eigenvalue weighted by molar-refractivity contribution is 5.94. The van der Waals surface area contributed by atoms with Crippen LogP contribution in [0.1, 0.15) is 56.5 Å². The predicted octanol–water partition coefficient (Wildman–Crippen LogP) is 5.38. The van der Waals surface area contributed by atoms with Gasteiger partial charge >= 0.3 is 0 Å². The molecule has 2 aromatic carbocycles. The maximum atomic E-state index is 12.9. The van der Waals surface area contributed by atoms with Crippen LogP contribution in [-0.4, -0.2) is 35.1 Å². The Morgan fingerprint density at radius 2 is 1.66 bits per heavy atom. The molecule has 1 aromatic heterocycles. The van der Waals surface area contributed by atoms with Crippen molar-refractivity contribution in [2.45, 2.75) is 64.3 Å². The third-order valence-corrected chi connectivity index (χ3v) is 6.26. The normalized spacial score (nSPS) is 16.9. The third kappa shape index (κ3) is 6.61. The first-order chi connectivity index (χ1) is 16.6. The Labute approximate surface area is 208 Å². The Bertz CT molecular complexity index is 1160. The quantitative estimate of drug-likeness (QED) is 0.482. The standard InChI is InChI=1S/C29H35N3O3/c1-28(2)15-24(16-29(3,4)32-28)31-27(33)21-11-9-20(10-12-21)19-35-25-8-6-7-22(13-25)23-14-26(34-5)18-30-17-23/h6-14,17-18,24,32H,15-16,19H2,1-5H3,(H,31,33). The first kappa shape index (κ1) is 24.7. The molecule has 0 spiro atoms. The van der Waals surface area contributed by atoms with Crippen LogP contribution in [0.5, 0.6) is 11.5 Å². The first-order valence-corrected chi connectivity index (χ1v) is 12.0. The fraction of sp³-hybridized carbons (Fsp3) is 0.379. The molecule has 1 aliphatic rings. The minimum atomic E-state index is -0.0319. The Balaban J connectivity index is 1.35. The molecule has 0 unspecified atom stereocenters. The molecule has 1 fully saturated rings. The van der Waals surface area contributed by atoms with Crippen LogP contribution >= 0.6 is 0 Å². The van der Waals surface area contributed by atoms with Crippen LogP contribution in [0.25, 0.3) is 11.1 Å². The largest absolute Gasteiger partial charge is 0.495 e. The van der Waals surface area contributed by atoms with E-state index in [2.05, 4.69) is 43.3 Å². The number of nitrogens with one attached hydrogen (secondary N) is 2. The van der Waals surface area contributed by atoms with E-state index in [0.717, 1.165) is 35.3 Å². The molecule has 4 rings (SSSR count). The predicted molar refractivity (Wildman–Crippen MR) is 139 cm³/mol. The first-order valence-electron chi connectivity index (χ1n) is 12.0. The number of piperidine rings is 1. The van der Waals surface area contributed by atoms with E-state index in [1.54, 1.807) is 19.5 Å². The van der Waals surface area contributed by atoms with E-state index in [1.165, 1.54) is 0 Å². The van der Waals surface area contributed by atoms with E-state index in [9.17, 15) is 4.79 Å². The molecule has 2 heterocycles. The maximum Gasteiger partial charge on any atom is 0.251 e. The van der Waals surface area contributed by atoms with Crippen LogP contribution in [0.15, 0.2) is 67.0 Å². The lowest BCUT2D eigenvalue weighted by Crippen LogP contribution is -2.62. The number of aromatic nitrogens is 1. The van der Waals surface area contributed by atoms with Gasteiger partial charge in [0.25, 0.3) is 5.91 Å². The van der Waals surface area contributed by atoms with Crippen LogP contribution in [0.3, 0.4) is 0 Å². The molecule has 6 heteroatoms. The Morgan fingerprint density at radius 1 is 0.971 bits per heavy atom. The molecule has 1 aliphatic heterocycles. The summed E-state index contributed by atoms with van der Waals surface area (Å²) in [6.45, 7) is 9.16. The van der Waals surface area contributed by atoms with Crippen LogP contribution in [0, 0.1) is 0 Å². The fourth-order valence-corrected chi connectivity index (χ4v) is 5.07. The van der Waals surface area contributed by atoms with E-state index in [0.29, 0.717) is 17.9 Å². The molecule has 3 aromatic rings. The fourth-order valence-electron chi connectivity index (χ4n) is 5.07. The van der Waals surface area contributed by atoms with Gasteiger partial charge in [0, 0.05) is 34.4 Å². The molecule has 0 atom stereocenters. The highest BCUT2D eigenvalue weighted by atomic mass is 16.5. The van der Waals surface area contributed by atoms with Gasteiger partial charge in [-0.1, -0.05) is 24.3 Å². The second-order valence-corrected chi connectivity index (χ2v) is 10.6. The van der Waals surface area contributed by atoms with Crippen molar-refractivity contribution in [2.75, 3.05) is 7.11 Å². The smallest absolute Gasteiger partial charge is 0.251 e. The van der Waals surface area contributed by atoms with Crippen molar-refractivity contribution < 1.29 is 14.3 Å². The molecule has 1 saturated heterocycles. The summed E-state index contributed by atoms with van der Waals surface area (Å²) in [6, 6.07) is 17.6. The summed E-state index contributed by atoms with van der Waals surface area (Å²) < 4.78 is 11.3. The van der Waals surface area contributed by atoms with Crippen LogP contribution < -0.4 is 20.1 Å². The van der Waals surface area contributed by atoms with Crippen molar-refractivity contribution in [3.8, 4) is 22.6 Å². The Hall–Kier alpha value is -3.38. The number of methoxy groups -OCH3 is 1. The molecule has 0 bridgehead atoms. The van der Waals surface area contributed by atoms with Gasteiger partial charge in [0.05, 0.1) is 13.3 Å². The van der Waals surface area contributed by atoms with Gasteiger partial charge in [0.15, 0.2) is 0 Å². The zero-order valence-electron chi connectivity index (χ0n) is 21.2. The van der Waals surface area contributed by atoms with Crippen molar-refractivity contribution >= 4 is 5.91 Å². The summed E-state index contributed by atoms with van der Waals surface area (Å²) in [4.78, 5) is 17.1. The van der Waals surface area contributed by atoms with E-state index < -0.39 is 0 Å². The lowest BCUT2D eigenvalue weighted by atomic mass is 9.79. The number of pyridine rings is 1. The van der Waals surface area contributed by atoms with Crippen molar-refractivity contribution in [1.29, 1.82) is 0 Å². The topological polar surface area (TPSA) is 72.5 Å². The number of nitrogens with zero attached hydrogens (tertiary/aromatic N) is 1. The van der Waals surface area contributed by atoms with Crippen molar-refractivity contribution in [2.24, 2.45) is 0 Å². The number of carbonyl (C=O) groups excluding carboxylic acids is 1. The van der Waals surface area contributed by atoms with Gasteiger partial charge in [-0.15, -0.1) is 0 Å². The Morgan fingerprint density at radius 3 is 2.34 bits per heavy atom. The number of amides is 1. The lowest BCUT2D eigenvalue weighted by Gasteiger charge is -2.46. The zero-order valence-corrected chi connectivity index (χ0v) is 21.2. The minimum Gasteiger partial charge on any atom is -0.495 e. The molecule has 0 aliphatic carbocycles. The zero-order chi connectivity index (χ0) is 25.1. The lowest BCUT2D eigenvalue weighted by molar-refractivity contribution is 0.0873. The summed E-state index contributed by atoms with van der Waals surface area (Å²) >= 11 is 0. The van der Waals surface area contributed by atoms with E-state index in [-0.39, 0.29) is 23.0 Å². The molecular weight excluding hydrogens is 438 g/mol. The highest BCUT2D eigenvalue weighted by Gasteiger charge is 2.38. The van der Waals surface area contributed by atoms with Crippen LogP contribution in [0.4, 0.5) is 0 Å². The molecule has 184 valence electrons. The van der Waals surface area contributed by atoms with Gasteiger partial charge in [-0.2, -0.15) is 0 Å². The van der Waals surface area contributed by atoms with E-state index >= 15 is 0 Å². The summed E-state index contributed by atoms with van der Waals surface area (Å²) in [6.07, 6.45) is 5.29.